The molecule has 0 aromatic heterocycles. The van der Waals surface area contributed by atoms with E-state index in [4.69, 9.17) is 14.2 Å². The first-order chi connectivity index (χ1) is 16.5. The van der Waals surface area contributed by atoms with E-state index in [0.717, 1.165) is 44.7 Å². The topological polar surface area (TPSA) is 27.7 Å². The number of methoxy groups -OCH3 is 2. The first-order valence-electron chi connectivity index (χ1n) is 11.7. The van der Waals surface area contributed by atoms with Crippen LogP contribution in [0, 0.1) is 6.92 Å². The first kappa shape index (κ1) is 22.1. The van der Waals surface area contributed by atoms with E-state index in [1.54, 1.807) is 14.2 Å². The third kappa shape index (κ3) is 3.52. The van der Waals surface area contributed by atoms with Gasteiger partial charge in [0.05, 0.1) is 14.2 Å². The van der Waals surface area contributed by atoms with E-state index in [-0.39, 0.29) is 0 Å². The van der Waals surface area contributed by atoms with Crippen LogP contribution in [-0.4, -0.2) is 14.2 Å². The third-order valence-corrected chi connectivity index (χ3v) is 6.72. The molecule has 0 saturated carbocycles. The molecule has 1 aliphatic rings. The molecule has 1 atom stereocenters. The molecule has 34 heavy (non-hydrogen) atoms. The molecule has 0 radical (unpaired) electrons. The van der Waals surface area contributed by atoms with E-state index in [1.807, 2.05) is 18.2 Å². The number of rotatable bonds is 5. The summed E-state index contributed by atoms with van der Waals surface area (Å²) in [6.07, 6.45) is 4.43. The van der Waals surface area contributed by atoms with Crippen molar-refractivity contribution in [3.8, 4) is 17.2 Å². The minimum atomic E-state index is -0.749. The van der Waals surface area contributed by atoms with Crippen LogP contribution in [0.1, 0.15) is 47.6 Å². The van der Waals surface area contributed by atoms with Crippen LogP contribution in [0.4, 0.5) is 0 Å². The van der Waals surface area contributed by atoms with Gasteiger partial charge < -0.3 is 14.2 Å². The summed E-state index contributed by atoms with van der Waals surface area (Å²) in [4.78, 5) is 0. The zero-order valence-electron chi connectivity index (χ0n) is 20.4. The van der Waals surface area contributed by atoms with E-state index in [2.05, 4.69) is 87.5 Å². The molecule has 0 fully saturated rings. The van der Waals surface area contributed by atoms with Crippen molar-refractivity contribution in [3.05, 3.63) is 107 Å². The number of aryl methyl sites for hydroxylation is 1. The molecular formula is C31H30O3. The molecule has 3 nitrogen and oxygen atoms in total. The average molecular weight is 451 g/mol. The minimum Gasteiger partial charge on any atom is -0.497 e. The van der Waals surface area contributed by atoms with Gasteiger partial charge in [-0.2, -0.15) is 0 Å². The highest BCUT2D eigenvalue weighted by Gasteiger charge is 2.38. The first-order valence-corrected chi connectivity index (χ1v) is 11.7. The summed E-state index contributed by atoms with van der Waals surface area (Å²) in [5.74, 6) is 2.69. The normalized spacial score (nSPS) is 16.9. The Balaban J connectivity index is 1.84. The second-order valence-electron chi connectivity index (χ2n) is 9.19. The number of benzene rings is 4. The molecule has 5 rings (SSSR count). The smallest absolute Gasteiger partial charge is 0.178 e. The van der Waals surface area contributed by atoms with Gasteiger partial charge in [0.15, 0.2) is 5.60 Å². The van der Waals surface area contributed by atoms with Crippen LogP contribution < -0.4 is 14.2 Å². The fourth-order valence-corrected chi connectivity index (χ4v) is 4.85. The lowest BCUT2D eigenvalue weighted by Crippen LogP contribution is -2.34. The van der Waals surface area contributed by atoms with Gasteiger partial charge in [0, 0.05) is 33.5 Å². The molecule has 0 amide bonds. The Kier molecular flexibility index (Phi) is 5.57. The molecule has 172 valence electrons. The predicted octanol–water partition coefficient (Wildman–Crippen LogP) is 7.64. The van der Waals surface area contributed by atoms with Gasteiger partial charge in [0.1, 0.15) is 17.2 Å². The maximum atomic E-state index is 7.14. The summed E-state index contributed by atoms with van der Waals surface area (Å²) >= 11 is 0. The lowest BCUT2D eigenvalue weighted by molar-refractivity contribution is 0.163. The molecule has 0 saturated heterocycles. The van der Waals surface area contributed by atoms with E-state index in [9.17, 15) is 0 Å². The van der Waals surface area contributed by atoms with Gasteiger partial charge in [0.25, 0.3) is 0 Å². The van der Waals surface area contributed by atoms with Crippen LogP contribution in [-0.2, 0) is 5.60 Å². The third-order valence-electron chi connectivity index (χ3n) is 6.72. The Morgan fingerprint density at radius 3 is 2.15 bits per heavy atom. The number of hydrogen-bond acceptors (Lipinski definition) is 3. The quantitative estimate of drug-likeness (QED) is 0.313. The number of hydrogen-bond donors (Lipinski definition) is 0. The van der Waals surface area contributed by atoms with E-state index >= 15 is 0 Å². The molecule has 1 aliphatic heterocycles. The summed E-state index contributed by atoms with van der Waals surface area (Å²) in [6.45, 7) is 6.53. The summed E-state index contributed by atoms with van der Waals surface area (Å²) in [7, 11) is 3.38. The van der Waals surface area contributed by atoms with Gasteiger partial charge in [0.2, 0.25) is 0 Å². The van der Waals surface area contributed by atoms with Crippen molar-refractivity contribution in [2.75, 3.05) is 14.2 Å². The summed E-state index contributed by atoms with van der Waals surface area (Å²) in [5.41, 5.74) is 4.97. The van der Waals surface area contributed by atoms with Crippen molar-refractivity contribution < 1.29 is 14.2 Å². The van der Waals surface area contributed by atoms with Crippen LogP contribution in [0.15, 0.2) is 78.9 Å². The van der Waals surface area contributed by atoms with Gasteiger partial charge in [-0.25, -0.2) is 0 Å². The summed E-state index contributed by atoms with van der Waals surface area (Å²) in [5, 5.41) is 2.00. The van der Waals surface area contributed by atoms with Gasteiger partial charge in [-0.1, -0.05) is 80.1 Å². The molecule has 0 aliphatic carbocycles. The second kappa shape index (κ2) is 8.57. The molecule has 0 spiro atoms. The summed E-state index contributed by atoms with van der Waals surface area (Å²) < 4.78 is 18.5. The van der Waals surface area contributed by atoms with Crippen molar-refractivity contribution in [2.45, 2.75) is 32.3 Å². The zero-order chi connectivity index (χ0) is 23.9. The molecule has 1 unspecified atom stereocenters. The monoisotopic (exact) mass is 450 g/mol. The standard InChI is InChI=1S/C31H30O3/c1-20(2)26-19-27-28(17-24(32-4)18-29(27)33-5)30-25(26)15-16-31(34-30,22-9-7-6-8-10-22)23-13-11-21(3)12-14-23/h6-20H,1-5H3. The van der Waals surface area contributed by atoms with Gasteiger partial charge in [-0.05, 0) is 36.6 Å². The number of ether oxygens (including phenoxy) is 3. The molecule has 4 aromatic carbocycles. The maximum absolute atomic E-state index is 7.14. The van der Waals surface area contributed by atoms with Gasteiger partial charge in [-0.15, -0.1) is 0 Å². The number of fused-ring (bicyclic) bond motifs is 3. The largest absolute Gasteiger partial charge is 0.497 e. The molecule has 3 heteroatoms. The maximum Gasteiger partial charge on any atom is 0.178 e. The highest BCUT2D eigenvalue weighted by Crippen LogP contribution is 2.49. The van der Waals surface area contributed by atoms with Gasteiger partial charge in [-0.3, -0.25) is 0 Å². The highest BCUT2D eigenvalue weighted by molar-refractivity contribution is 5.99. The van der Waals surface area contributed by atoms with Crippen molar-refractivity contribution >= 4 is 16.8 Å². The second-order valence-corrected chi connectivity index (χ2v) is 9.19. The Labute approximate surface area is 201 Å². The predicted molar refractivity (Wildman–Crippen MR) is 139 cm³/mol. The van der Waals surface area contributed by atoms with E-state index in [0.29, 0.717) is 5.92 Å². The van der Waals surface area contributed by atoms with Crippen LogP contribution in [0.3, 0.4) is 0 Å². The van der Waals surface area contributed by atoms with Crippen LogP contribution >= 0.6 is 0 Å². The van der Waals surface area contributed by atoms with E-state index < -0.39 is 5.60 Å². The van der Waals surface area contributed by atoms with Gasteiger partial charge >= 0.3 is 0 Å². The van der Waals surface area contributed by atoms with E-state index in [1.165, 1.54) is 11.1 Å². The molecule has 4 aromatic rings. The zero-order valence-corrected chi connectivity index (χ0v) is 20.4. The lowest BCUT2D eigenvalue weighted by atomic mass is 9.81. The van der Waals surface area contributed by atoms with Crippen LogP contribution in [0.2, 0.25) is 0 Å². The molecule has 1 heterocycles. The Bertz CT molecular complexity index is 1370. The van der Waals surface area contributed by atoms with Crippen LogP contribution in [0.5, 0.6) is 17.2 Å². The van der Waals surface area contributed by atoms with Crippen molar-refractivity contribution in [2.24, 2.45) is 0 Å². The molecule has 0 bridgehead atoms. The molecule has 0 N–H and O–H groups in total. The Morgan fingerprint density at radius 2 is 1.50 bits per heavy atom. The Hall–Kier alpha value is -3.72. The summed E-state index contributed by atoms with van der Waals surface area (Å²) in [6, 6.07) is 25.2. The average Bonchev–Trinajstić information content (AvgIpc) is 2.88. The Morgan fingerprint density at radius 1 is 0.794 bits per heavy atom. The van der Waals surface area contributed by atoms with Crippen LogP contribution in [0.25, 0.3) is 16.8 Å². The minimum absolute atomic E-state index is 0.321. The van der Waals surface area contributed by atoms with Crippen molar-refractivity contribution in [1.82, 2.24) is 0 Å². The SMILES string of the molecule is COc1cc(OC)c2cc(C(C)C)c3c(c2c1)OC(c1ccccc1)(c1ccc(C)cc1)C=C3. The fraction of sp³-hybridized carbons (Fsp3) is 0.226. The van der Waals surface area contributed by atoms with Crippen molar-refractivity contribution in [1.29, 1.82) is 0 Å². The fourth-order valence-electron chi connectivity index (χ4n) is 4.85. The molecular weight excluding hydrogens is 420 g/mol. The highest BCUT2D eigenvalue weighted by atomic mass is 16.5. The van der Waals surface area contributed by atoms with Crippen molar-refractivity contribution in [3.63, 3.8) is 0 Å². The lowest BCUT2D eigenvalue weighted by Gasteiger charge is -2.37.